The Morgan fingerprint density at radius 2 is 1.72 bits per heavy atom. The van der Waals surface area contributed by atoms with Crippen LogP contribution in [0.4, 0.5) is 0 Å². The minimum atomic E-state index is -3.21. The lowest BCUT2D eigenvalue weighted by Crippen LogP contribution is -2.50. The highest BCUT2D eigenvalue weighted by Gasteiger charge is 2.29. The molecular formula is C20H26N2O2S. The van der Waals surface area contributed by atoms with Gasteiger partial charge in [0.1, 0.15) is 0 Å². The summed E-state index contributed by atoms with van der Waals surface area (Å²) >= 11 is 0. The number of nitrogens with one attached hydrogen (secondary N) is 2. The second-order valence-electron chi connectivity index (χ2n) is 6.63. The number of hydrogen-bond donors (Lipinski definition) is 2. The summed E-state index contributed by atoms with van der Waals surface area (Å²) in [4.78, 5) is 0. The van der Waals surface area contributed by atoms with Gasteiger partial charge in [0.05, 0.1) is 5.75 Å². The van der Waals surface area contributed by atoms with Crippen molar-refractivity contribution in [1.29, 1.82) is 0 Å². The van der Waals surface area contributed by atoms with Gasteiger partial charge in [0.25, 0.3) is 0 Å². The van der Waals surface area contributed by atoms with Gasteiger partial charge >= 0.3 is 0 Å². The van der Waals surface area contributed by atoms with Crippen LogP contribution in [0.3, 0.4) is 0 Å². The standard InChI is InChI=1S/C20H26N2O2S/c1-2-14-25(23,24)22-20-15-21-13-12-19(20)18-10-8-17(9-11-18)16-6-4-3-5-7-16/h3-11,19-22H,2,12-15H2,1H3/t19-,20-/m0/s1. The van der Waals surface area contributed by atoms with Gasteiger partial charge in [-0.2, -0.15) is 0 Å². The molecule has 2 N–H and O–H groups in total. The average Bonchev–Trinajstić information content (AvgIpc) is 2.63. The van der Waals surface area contributed by atoms with Crippen molar-refractivity contribution < 1.29 is 8.42 Å². The topological polar surface area (TPSA) is 58.2 Å². The van der Waals surface area contributed by atoms with E-state index in [1.54, 1.807) is 0 Å². The van der Waals surface area contributed by atoms with E-state index in [1.165, 1.54) is 16.7 Å². The molecule has 2 aromatic rings. The molecule has 1 aliphatic heterocycles. The lowest BCUT2D eigenvalue weighted by molar-refractivity contribution is 0.378. The fourth-order valence-electron chi connectivity index (χ4n) is 3.49. The van der Waals surface area contributed by atoms with E-state index in [0.29, 0.717) is 13.0 Å². The zero-order valence-corrected chi connectivity index (χ0v) is 15.4. The average molecular weight is 359 g/mol. The summed E-state index contributed by atoms with van der Waals surface area (Å²) in [5.41, 5.74) is 3.58. The van der Waals surface area contributed by atoms with Crippen molar-refractivity contribution in [3.8, 4) is 11.1 Å². The van der Waals surface area contributed by atoms with Gasteiger partial charge in [0.2, 0.25) is 10.0 Å². The molecular weight excluding hydrogens is 332 g/mol. The molecule has 0 amide bonds. The second kappa shape index (κ2) is 8.13. The van der Waals surface area contributed by atoms with Gasteiger partial charge < -0.3 is 5.32 Å². The van der Waals surface area contributed by atoms with Crippen LogP contribution >= 0.6 is 0 Å². The normalized spacial score (nSPS) is 21.2. The SMILES string of the molecule is CCCS(=O)(=O)N[C@H]1CNCC[C@H]1c1ccc(-c2ccccc2)cc1. The number of rotatable bonds is 6. The van der Waals surface area contributed by atoms with Gasteiger partial charge in [0.15, 0.2) is 0 Å². The quantitative estimate of drug-likeness (QED) is 0.834. The minimum Gasteiger partial charge on any atom is -0.315 e. The van der Waals surface area contributed by atoms with Crippen LogP contribution in [0.15, 0.2) is 54.6 Å². The molecule has 1 aliphatic rings. The highest BCUT2D eigenvalue weighted by atomic mass is 32.2. The van der Waals surface area contributed by atoms with E-state index in [0.717, 1.165) is 13.0 Å². The fourth-order valence-corrected chi connectivity index (χ4v) is 4.86. The Bertz CT molecular complexity index is 773. The van der Waals surface area contributed by atoms with E-state index in [4.69, 9.17) is 0 Å². The molecule has 0 bridgehead atoms. The lowest BCUT2D eigenvalue weighted by atomic mass is 9.86. The molecule has 0 saturated carbocycles. The Balaban J connectivity index is 1.78. The van der Waals surface area contributed by atoms with Crippen molar-refractivity contribution >= 4 is 10.0 Å². The zero-order valence-electron chi connectivity index (χ0n) is 14.6. The van der Waals surface area contributed by atoms with E-state index < -0.39 is 10.0 Å². The summed E-state index contributed by atoms with van der Waals surface area (Å²) in [6, 6.07) is 18.7. The lowest BCUT2D eigenvalue weighted by Gasteiger charge is -2.33. The number of piperidine rings is 1. The summed E-state index contributed by atoms with van der Waals surface area (Å²) in [5, 5.41) is 3.31. The summed E-state index contributed by atoms with van der Waals surface area (Å²) in [7, 11) is -3.21. The largest absolute Gasteiger partial charge is 0.315 e. The van der Waals surface area contributed by atoms with Crippen molar-refractivity contribution in [3.63, 3.8) is 0 Å². The predicted molar refractivity (Wildman–Crippen MR) is 103 cm³/mol. The number of sulfonamides is 1. The van der Waals surface area contributed by atoms with Crippen LogP contribution in [0.5, 0.6) is 0 Å². The Kier molecular flexibility index (Phi) is 5.89. The van der Waals surface area contributed by atoms with Gasteiger partial charge in [-0.15, -0.1) is 0 Å². The molecule has 2 atom stereocenters. The van der Waals surface area contributed by atoms with E-state index in [2.05, 4.69) is 46.4 Å². The Labute approximate surface area is 150 Å². The van der Waals surface area contributed by atoms with Gasteiger partial charge in [-0.3, -0.25) is 0 Å². The van der Waals surface area contributed by atoms with Crippen LogP contribution in [0.2, 0.25) is 0 Å². The van der Waals surface area contributed by atoms with E-state index in [9.17, 15) is 8.42 Å². The maximum absolute atomic E-state index is 12.2. The molecule has 0 aliphatic carbocycles. The smallest absolute Gasteiger partial charge is 0.211 e. The third kappa shape index (κ3) is 4.69. The molecule has 1 saturated heterocycles. The number of hydrogen-bond acceptors (Lipinski definition) is 3. The highest BCUT2D eigenvalue weighted by molar-refractivity contribution is 7.89. The van der Waals surface area contributed by atoms with Gasteiger partial charge in [-0.05, 0) is 36.1 Å². The van der Waals surface area contributed by atoms with Crippen LogP contribution in [0, 0.1) is 0 Å². The van der Waals surface area contributed by atoms with Crippen LogP contribution in [0.25, 0.3) is 11.1 Å². The predicted octanol–water partition coefficient (Wildman–Crippen LogP) is 3.13. The first-order valence-corrected chi connectivity index (χ1v) is 10.6. The maximum atomic E-state index is 12.2. The van der Waals surface area contributed by atoms with Gasteiger partial charge in [0, 0.05) is 18.5 Å². The second-order valence-corrected chi connectivity index (χ2v) is 8.50. The van der Waals surface area contributed by atoms with Crippen molar-refractivity contribution in [2.45, 2.75) is 31.7 Å². The zero-order chi connectivity index (χ0) is 17.7. The molecule has 25 heavy (non-hydrogen) atoms. The number of benzene rings is 2. The van der Waals surface area contributed by atoms with Crippen molar-refractivity contribution in [1.82, 2.24) is 10.0 Å². The van der Waals surface area contributed by atoms with E-state index in [-0.39, 0.29) is 17.7 Å². The maximum Gasteiger partial charge on any atom is 0.211 e. The van der Waals surface area contributed by atoms with Crippen LogP contribution in [0.1, 0.15) is 31.2 Å². The van der Waals surface area contributed by atoms with E-state index >= 15 is 0 Å². The molecule has 5 heteroatoms. The fraction of sp³-hybridized carbons (Fsp3) is 0.400. The van der Waals surface area contributed by atoms with Crippen molar-refractivity contribution in [2.75, 3.05) is 18.8 Å². The summed E-state index contributed by atoms with van der Waals surface area (Å²) < 4.78 is 27.3. The molecule has 0 radical (unpaired) electrons. The van der Waals surface area contributed by atoms with Crippen molar-refractivity contribution in [2.24, 2.45) is 0 Å². The van der Waals surface area contributed by atoms with Crippen molar-refractivity contribution in [3.05, 3.63) is 60.2 Å². The summed E-state index contributed by atoms with van der Waals surface area (Å²) in [6.45, 7) is 3.48. The minimum absolute atomic E-state index is 0.0899. The third-order valence-corrected chi connectivity index (χ3v) is 6.34. The first-order chi connectivity index (χ1) is 12.1. The Morgan fingerprint density at radius 3 is 2.40 bits per heavy atom. The Hall–Kier alpha value is -1.69. The summed E-state index contributed by atoms with van der Waals surface area (Å²) in [6.07, 6.45) is 1.57. The van der Waals surface area contributed by atoms with Gasteiger partial charge in [-0.25, -0.2) is 13.1 Å². The first-order valence-electron chi connectivity index (χ1n) is 8.95. The molecule has 4 nitrogen and oxygen atoms in total. The molecule has 0 unspecified atom stereocenters. The van der Waals surface area contributed by atoms with E-state index in [1.807, 2.05) is 25.1 Å². The molecule has 0 spiro atoms. The highest BCUT2D eigenvalue weighted by Crippen LogP contribution is 2.28. The van der Waals surface area contributed by atoms with Crippen LogP contribution < -0.4 is 10.0 Å². The summed E-state index contributed by atoms with van der Waals surface area (Å²) in [5.74, 6) is 0.390. The van der Waals surface area contributed by atoms with Gasteiger partial charge in [-0.1, -0.05) is 61.5 Å². The molecule has 3 rings (SSSR count). The molecule has 134 valence electrons. The molecule has 1 fully saturated rings. The monoisotopic (exact) mass is 358 g/mol. The molecule has 2 aromatic carbocycles. The van der Waals surface area contributed by atoms with Crippen LogP contribution in [-0.2, 0) is 10.0 Å². The Morgan fingerprint density at radius 1 is 1.04 bits per heavy atom. The first kappa shape index (κ1) is 18.1. The third-order valence-electron chi connectivity index (χ3n) is 4.73. The van der Waals surface area contributed by atoms with Crippen LogP contribution in [-0.4, -0.2) is 33.3 Å². The molecule has 1 heterocycles. The molecule has 0 aromatic heterocycles.